The number of anilines is 1. The molecular weight excluding hydrogens is 366 g/mol. The topological polar surface area (TPSA) is 41.6 Å². The second-order valence-corrected chi connectivity index (χ2v) is 6.42. The summed E-state index contributed by atoms with van der Waals surface area (Å²) in [6.45, 7) is 1.02. The monoisotopic (exact) mass is 384 g/mol. The van der Waals surface area contributed by atoms with E-state index in [1.165, 1.54) is 13.2 Å². The summed E-state index contributed by atoms with van der Waals surface area (Å²) in [4.78, 5) is 14.0. The molecule has 0 unspecified atom stereocenters. The summed E-state index contributed by atoms with van der Waals surface area (Å²) >= 11 is 12.1. The zero-order chi connectivity index (χ0) is 18.4. The van der Waals surface area contributed by atoms with Crippen LogP contribution >= 0.6 is 23.2 Å². The van der Waals surface area contributed by atoms with Gasteiger partial charge in [-0.15, -0.1) is 0 Å². The molecule has 0 aliphatic heterocycles. The minimum absolute atomic E-state index is 0.192. The third-order valence-corrected chi connectivity index (χ3v) is 4.25. The van der Waals surface area contributed by atoms with E-state index in [2.05, 4.69) is 5.32 Å². The number of nitrogens with zero attached hydrogens (tertiary/aromatic N) is 1. The first-order chi connectivity index (χ1) is 11.9. The lowest BCUT2D eigenvalue weighted by Crippen LogP contribution is -2.24. The van der Waals surface area contributed by atoms with Gasteiger partial charge in [-0.05, 0) is 36.9 Å². The van der Waals surface area contributed by atoms with Crippen molar-refractivity contribution in [2.75, 3.05) is 26.0 Å². The van der Waals surface area contributed by atoms with Crippen LogP contribution in [0.3, 0.4) is 0 Å². The maximum Gasteiger partial charge on any atom is 0.225 e. The molecule has 134 valence electrons. The first kappa shape index (κ1) is 19.5. The highest BCUT2D eigenvalue weighted by Gasteiger charge is 2.11. The predicted molar refractivity (Wildman–Crippen MR) is 99.0 cm³/mol. The zero-order valence-electron chi connectivity index (χ0n) is 14.0. The van der Waals surface area contributed by atoms with E-state index in [1.54, 1.807) is 30.3 Å². The Morgan fingerprint density at radius 3 is 2.52 bits per heavy atom. The van der Waals surface area contributed by atoms with Crippen LogP contribution in [-0.2, 0) is 11.3 Å². The maximum atomic E-state index is 13.7. The first-order valence-corrected chi connectivity index (χ1v) is 8.41. The van der Waals surface area contributed by atoms with Gasteiger partial charge in [-0.25, -0.2) is 4.39 Å². The van der Waals surface area contributed by atoms with Gasteiger partial charge >= 0.3 is 0 Å². The molecule has 0 radical (unpaired) electrons. The van der Waals surface area contributed by atoms with Gasteiger partial charge in [0.1, 0.15) is 0 Å². The second-order valence-electron chi connectivity index (χ2n) is 5.60. The predicted octanol–water partition coefficient (Wildman–Crippen LogP) is 4.60. The number of hydrogen-bond acceptors (Lipinski definition) is 3. The summed E-state index contributed by atoms with van der Waals surface area (Å²) in [5.74, 6) is -0.385. The van der Waals surface area contributed by atoms with Crippen LogP contribution in [0.5, 0.6) is 5.75 Å². The van der Waals surface area contributed by atoms with Crippen LogP contribution in [0.2, 0.25) is 10.0 Å². The smallest absolute Gasteiger partial charge is 0.225 e. The Bertz CT molecular complexity index is 736. The summed E-state index contributed by atoms with van der Waals surface area (Å²) in [5.41, 5.74) is 1.21. The van der Waals surface area contributed by atoms with Crippen molar-refractivity contribution in [1.29, 1.82) is 0 Å². The van der Waals surface area contributed by atoms with Crippen molar-refractivity contribution >= 4 is 34.8 Å². The fourth-order valence-corrected chi connectivity index (χ4v) is 2.80. The van der Waals surface area contributed by atoms with Gasteiger partial charge in [-0.2, -0.15) is 0 Å². The summed E-state index contributed by atoms with van der Waals surface area (Å²) in [5, 5.41) is 3.50. The van der Waals surface area contributed by atoms with Crippen LogP contribution < -0.4 is 10.1 Å². The zero-order valence-corrected chi connectivity index (χ0v) is 15.5. The van der Waals surface area contributed by atoms with Gasteiger partial charge < -0.3 is 15.0 Å². The Balaban J connectivity index is 1.86. The SMILES string of the molecule is COc1ccc(CN(C)CCC(=O)Nc2c(Cl)cccc2Cl)cc1F. The second kappa shape index (κ2) is 9.04. The Labute approximate surface area is 156 Å². The van der Waals surface area contributed by atoms with Crippen molar-refractivity contribution < 1.29 is 13.9 Å². The molecule has 7 heteroatoms. The highest BCUT2D eigenvalue weighted by molar-refractivity contribution is 6.39. The molecule has 25 heavy (non-hydrogen) atoms. The number of methoxy groups -OCH3 is 1. The highest BCUT2D eigenvalue weighted by Crippen LogP contribution is 2.29. The lowest BCUT2D eigenvalue weighted by molar-refractivity contribution is -0.116. The molecule has 0 bridgehead atoms. The van der Waals surface area contributed by atoms with Crippen LogP contribution in [0.25, 0.3) is 0 Å². The van der Waals surface area contributed by atoms with E-state index in [0.717, 1.165) is 5.56 Å². The number of ether oxygens (including phenoxy) is 1. The average molecular weight is 385 g/mol. The van der Waals surface area contributed by atoms with Gasteiger partial charge in [0.25, 0.3) is 0 Å². The number of amides is 1. The van der Waals surface area contributed by atoms with Crippen molar-refractivity contribution in [3.05, 3.63) is 57.8 Å². The van der Waals surface area contributed by atoms with Crippen molar-refractivity contribution in [2.24, 2.45) is 0 Å². The van der Waals surface area contributed by atoms with Crippen molar-refractivity contribution in [3.8, 4) is 5.75 Å². The summed E-state index contributed by atoms with van der Waals surface area (Å²) in [7, 11) is 3.28. The molecule has 0 fully saturated rings. The minimum atomic E-state index is -0.403. The van der Waals surface area contributed by atoms with Gasteiger partial charge in [0.2, 0.25) is 5.91 Å². The quantitative estimate of drug-likeness (QED) is 0.757. The molecule has 0 aliphatic carbocycles. The molecule has 1 N–H and O–H groups in total. The largest absolute Gasteiger partial charge is 0.494 e. The van der Waals surface area contributed by atoms with Crippen molar-refractivity contribution in [1.82, 2.24) is 4.90 Å². The van der Waals surface area contributed by atoms with E-state index < -0.39 is 5.82 Å². The molecule has 0 spiro atoms. The molecule has 0 aromatic heterocycles. The van der Waals surface area contributed by atoms with Gasteiger partial charge in [0, 0.05) is 19.5 Å². The molecule has 2 aromatic rings. The molecule has 4 nitrogen and oxygen atoms in total. The van der Waals surface area contributed by atoms with Crippen LogP contribution in [-0.4, -0.2) is 31.5 Å². The molecular formula is C18H19Cl2FN2O2. The molecule has 2 rings (SSSR count). The summed E-state index contributed by atoms with van der Waals surface area (Å²) in [6.07, 6.45) is 0.261. The molecule has 0 aliphatic rings. The maximum absolute atomic E-state index is 13.7. The standard InChI is InChI=1S/C18H19Cl2FN2O2/c1-23(11-12-6-7-16(25-2)15(21)10-12)9-8-17(24)22-18-13(19)4-3-5-14(18)20/h3-7,10H,8-9,11H2,1-2H3,(H,22,24). The molecule has 0 saturated carbocycles. The van der Waals surface area contributed by atoms with Crippen LogP contribution in [0, 0.1) is 5.82 Å². The number of carbonyl (C=O) groups excluding carboxylic acids is 1. The van der Waals surface area contributed by atoms with Crippen LogP contribution in [0.15, 0.2) is 36.4 Å². The van der Waals surface area contributed by atoms with E-state index in [-0.39, 0.29) is 18.1 Å². The Morgan fingerprint density at radius 2 is 1.92 bits per heavy atom. The number of benzene rings is 2. The lowest BCUT2D eigenvalue weighted by atomic mass is 10.2. The highest BCUT2D eigenvalue weighted by atomic mass is 35.5. The van der Waals surface area contributed by atoms with Gasteiger partial charge in [0.15, 0.2) is 11.6 Å². The van der Waals surface area contributed by atoms with Gasteiger partial charge in [-0.1, -0.05) is 35.3 Å². The normalized spacial score (nSPS) is 10.8. The van der Waals surface area contributed by atoms with Gasteiger partial charge in [-0.3, -0.25) is 4.79 Å². The van der Waals surface area contributed by atoms with E-state index in [0.29, 0.717) is 28.8 Å². The molecule has 0 atom stereocenters. The van der Waals surface area contributed by atoms with E-state index in [9.17, 15) is 9.18 Å². The van der Waals surface area contributed by atoms with E-state index in [1.807, 2.05) is 11.9 Å². The Morgan fingerprint density at radius 1 is 1.24 bits per heavy atom. The molecule has 0 saturated heterocycles. The number of carbonyl (C=O) groups is 1. The van der Waals surface area contributed by atoms with Crippen molar-refractivity contribution in [2.45, 2.75) is 13.0 Å². The number of para-hydroxylation sites is 1. The van der Waals surface area contributed by atoms with Crippen molar-refractivity contribution in [3.63, 3.8) is 0 Å². The summed E-state index contributed by atoms with van der Waals surface area (Å²) in [6, 6.07) is 9.84. The van der Waals surface area contributed by atoms with Gasteiger partial charge in [0.05, 0.1) is 22.8 Å². The van der Waals surface area contributed by atoms with Crippen LogP contribution in [0.1, 0.15) is 12.0 Å². The van der Waals surface area contributed by atoms with Crippen LogP contribution in [0.4, 0.5) is 10.1 Å². The first-order valence-electron chi connectivity index (χ1n) is 7.65. The molecule has 2 aromatic carbocycles. The third kappa shape index (κ3) is 5.59. The summed E-state index contributed by atoms with van der Waals surface area (Å²) < 4.78 is 18.6. The fraction of sp³-hybridized carbons (Fsp3) is 0.278. The van der Waals surface area contributed by atoms with E-state index >= 15 is 0 Å². The Hall–Kier alpha value is -1.82. The fourth-order valence-electron chi connectivity index (χ4n) is 2.31. The molecule has 1 amide bonds. The third-order valence-electron chi connectivity index (χ3n) is 3.62. The average Bonchev–Trinajstić information content (AvgIpc) is 2.57. The number of hydrogen-bond donors (Lipinski definition) is 1. The Kier molecular flexibility index (Phi) is 7.05. The number of rotatable bonds is 7. The lowest BCUT2D eigenvalue weighted by Gasteiger charge is -2.17. The molecule has 0 heterocycles. The minimum Gasteiger partial charge on any atom is -0.494 e. The number of halogens is 3. The number of nitrogens with one attached hydrogen (secondary N) is 1. The van der Waals surface area contributed by atoms with E-state index in [4.69, 9.17) is 27.9 Å².